The van der Waals surface area contributed by atoms with E-state index in [1.165, 1.54) is 34.9 Å². The molecule has 0 aliphatic carbocycles. The molecule has 9 heteroatoms. The summed E-state index contributed by atoms with van der Waals surface area (Å²) in [6.45, 7) is 1.58. The van der Waals surface area contributed by atoms with Crippen molar-refractivity contribution in [1.29, 1.82) is 0 Å². The van der Waals surface area contributed by atoms with Crippen LogP contribution in [0.1, 0.15) is 15.9 Å². The zero-order valence-electron chi connectivity index (χ0n) is 15.4. The highest BCUT2D eigenvalue weighted by Crippen LogP contribution is 2.26. The van der Waals surface area contributed by atoms with Crippen LogP contribution in [0, 0.1) is 17.0 Å². The molecule has 28 heavy (non-hydrogen) atoms. The zero-order valence-corrected chi connectivity index (χ0v) is 16.2. The van der Waals surface area contributed by atoms with E-state index in [0.29, 0.717) is 34.2 Å². The lowest BCUT2D eigenvalue weighted by atomic mass is 10.1. The highest BCUT2D eigenvalue weighted by Gasteiger charge is 2.35. The summed E-state index contributed by atoms with van der Waals surface area (Å²) >= 11 is 1.49. The molecule has 1 aliphatic heterocycles. The molecule has 3 rings (SSSR count). The number of methoxy groups -OCH3 is 1. The Bertz CT molecular complexity index is 916. The maximum Gasteiger partial charge on any atom is 0.272 e. The quantitative estimate of drug-likeness (QED) is 0.610. The number of nitro groups is 1. The number of carbonyl (C=O) groups excluding carboxylic acids is 2. The van der Waals surface area contributed by atoms with E-state index in [1.807, 2.05) is 0 Å². The largest absolute Gasteiger partial charge is 0.497 e. The van der Waals surface area contributed by atoms with E-state index in [1.54, 1.807) is 38.3 Å². The number of carbonyl (C=O) groups is 2. The van der Waals surface area contributed by atoms with E-state index in [0.717, 1.165) is 0 Å². The second-order valence-electron chi connectivity index (χ2n) is 6.27. The van der Waals surface area contributed by atoms with E-state index in [-0.39, 0.29) is 17.5 Å². The molecule has 1 atom stereocenters. The van der Waals surface area contributed by atoms with Crippen LogP contribution in [0.2, 0.25) is 0 Å². The van der Waals surface area contributed by atoms with Gasteiger partial charge in [0.15, 0.2) is 0 Å². The van der Waals surface area contributed by atoms with Gasteiger partial charge in [-0.2, -0.15) is 0 Å². The average Bonchev–Trinajstić information content (AvgIpc) is 3.17. The lowest BCUT2D eigenvalue weighted by molar-refractivity contribution is -0.385. The summed E-state index contributed by atoms with van der Waals surface area (Å²) in [6, 6.07) is 10.5. The van der Waals surface area contributed by atoms with Crippen molar-refractivity contribution in [3.8, 4) is 5.75 Å². The minimum Gasteiger partial charge on any atom is -0.497 e. The maximum absolute atomic E-state index is 12.9. The number of thioether (sulfide) groups is 1. The molecule has 2 aromatic carbocycles. The Morgan fingerprint density at radius 1 is 1.25 bits per heavy atom. The highest BCUT2D eigenvalue weighted by molar-refractivity contribution is 7.99. The first-order valence-corrected chi connectivity index (χ1v) is 9.65. The Labute approximate surface area is 166 Å². The first kappa shape index (κ1) is 19.7. The molecule has 1 heterocycles. The third-order valence-electron chi connectivity index (χ3n) is 4.44. The summed E-state index contributed by atoms with van der Waals surface area (Å²) in [5.41, 5.74) is 1.30. The maximum atomic E-state index is 12.9. The number of aryl methyl sites for hydroxylation is 1. The zero-order chi connectivity index (χ0) is 20.3. The van der Waals surface area contributed by atoms with E-state index in [4.69, 9.17) is 4.74 Å². The van der Waals surface area contributed by atoms with Crippen molar-refractivity contribution in [2.75, 3.05) is 24.1 Å². The Hall–Kier alpha value is -3.07. The molecular weight excluding hydrogens is 382 g/mol. The Morgan fingerprint density at radius 3 is 2.57 bits per heavy atom. The average molecular weight is 401 g/mol. The van der Waals surface area contributed by atoms with Gasteiger partial charge in [0.25, 0.3) is 11.6 Å². The van der Waals surface area contributed by atoms with E-state index < -0.39 is 11.0 Å². The SMILES string of the molecule is COc1ccc(NC(=O)C2CSCN2C(=O)c2ccc([N+](=O)[O-])c(C)c2)cc1. The minimum atomic E-state index is -0.616. The monoisotopic (exact) mass is 401 g/mol. The van der Waals surface area contributed by atoms with Crippen LogP contribution >= 0.6 is 11.8 Å². The van der Waals surface area contributed by atoms with Gasteiger partial charge in [0, 0.05) is 28.6 Å². The molecule has 8 nitrogen and oxygen atoms in total. The van der Waals surface area contributed by atoms with Crippen LogP contribution in [0.5, 0.6) is 5.75 Å². The van der Waals surface area contributed by atoms with Crippen molar-refractivity contribution in [2.24, 2.45) is 0 Å². The number of amides is 2. The third kappa shape index (κ3) is 4.09. The van der Waals surface area contributed by atoms with Gasteiger partial charge in [0.2, 0.25) is 5.91 Å². The van der Waals surface area contributed by atoms with Crippen LogP contribution in [0.25, 0.3) is 0 Å². The smallest absolute Gasteiger partial charge is 0.272 e. The molecule has 1 aliphatic rings. The summed E-state index contributed by atoms with van der Waals surface area (Å²) in [7, 11) is 1.56. The molecule has 0 radical (unpaired) electrons. The molecular formula is C19H19N3O5S. The van der Waals surface area contributed by atoms with Gasteiger partial charge in [-0.05, 0) is 43.3 Å². The van der Waals surface area contributed by atoms with Gasteiger partial charge in [-0.3, -0.25) is 19.7 Å². The number of ether oxygens (including phenoxy) is 1. The standard InChI is InChI=1S/C19H19N3O5S/c1-12-9-13(3-8-16(12)22(25)26)19(24)21-11-28-10-17(21)18(23)20-14-4-6-15(27-2)7-5-14/h3-9,17H,10-11H2,1-2H3,(H,20,23). The van der Waals surface area contributed by atoms with Crippen molar-refractivity contribution < 1.29 is 19.2 Å². The van der Waals surface area contributed by atoms with Crippen molar-refractivity contribution in [1.82, 2.24) is 4.90 Å². The molecule has 1 fully saturated rings. The second kappa shape index (κ2) is 8.30. The van der Waals surface area contributed by atoms with Crippen molar-refractivity contribution >= 4 is 35.0 Å². The van der Waals surface area contributed by atoms with Gasteiger partial charge < -0.3 is 15.0 Å². The summed E-state index contributed by atoms with van der Waals surface area (Å²) in [6.07, 6.45) is 0. The fourth-order valence-corrected chi connectivity index (χ4v) is 4.07. The van der Waals surface area contributed by atoms with E-state index in [9.17, 15) is 19.7 Å². The Balaban J connectivity index is 1.74. The van der Waals surface area contributed by atoms with Crippen LogP contribution in [-0.4, -0.2) is 46.4 Å². The van der Waals surface area contributed by atoms with Gasteiger partial charge in [-0.15, -0.1) is 11.8 Å². The molecule has 2 amide bonds. The summed E-state index contributed by atoms with van der Waals surface area (Å²) in [4.78, 5) is 37.5. The molecule has 0 saturated carbocycles. The van der Waals surface area contributed by atoms with Crippen molar-refractivity contribution in [3.63, 3.8) is 0 Å². The Kier molecular flexibility index (Phi) is 5.84. The fraction of sp³-hybridized carbons (Fsp3) is 0.263. The molecule has 1 N–H and O–H groups in total. The molecule has 0 bridgehead atoms. The van der Waals surface area contributed by atoms with Gasteiger partial charge in [0.1, 0.15) is 11.8 Å². The van der Waals surface area contributed by atoms with Crippen LogP contribution in [0.15, 0.2) is 42.5 Å². The van der Waals surface area contributed by atoms with Gasteiger partial charge in [0.05, 0.1) is 17.9 Å². The highest BCUT2D eigenvalue weighted by atomic mass is 32.2. The number of nitrogens with zero attached hydrogens (tertiary/aromatic N) is 2. The number of benzene rings is 2. The summed E-state index contributed by atoms with van der Waals surface area (Å²) in [5, 5.41) is 13.8. The first-order chi connectivity index (χ1) is 13.4. The van der Waals surface area contributed by atoms with Crippen molar-refractivity contribution in [2.45, 2.75) is 13.0 Å². The lowest BCUT2D eigenvalue weighted by Crippen LogP contribution is -2.44. The second-order valence-corrected chi connectivity index (χ2v) is 7.27. The van der Waals surface area contributed by atoms with Crippen molar-refractivity contribution in [3.05, 3.63) is 63.7 Å². The molecule has 146 valence electrons. The minimum absolute atomic E-state index is 0.0406. The van der Waals surface area contributed by atoms with Gasteiger partial charge in [-0.1, -0.05) is 0 Å². The van der Waals surface area contributed by atoms with Crippen LogP contribution in [0.3, 0.4) is 0 Å². The molecule has 0 spiro atoms. The summed E-state index contributed by atoms with van der Waals surface area (Å²) in [5.74, 6) is 0.953. The van der Waals surface area contributed by atoms with Crippen LogP contribution < -0.4 is 10.1 Å². The van der Waals surface area contributed by atoms with E-state index in [2.05, 4.69) is 5.32 Å². The number of nitrogens with one attached hydrogen (secondary N) is 1. The van der Waals surface area contributed by atoms with Crippen LogP contribution in [-0.2, 0) is 4.79 Å². The lowest BCUT2D eigenvalue weighted by Gasteiger charge is -2.23. The molecule has 1 saturated heterocycles. The number of nitro benzene ring substituents is 1. The molecule has 2 aromatic rings. The number of anilines is 1. The first-order valence-electron chi connectivity index (χ1n) is 8.49. The van der Waals surface area contributed by atoms with Gasteiger partial charge >= 0.3 is 0 Å². The number of hydrogen-bond acceptors (Lipinski definition) is 6. The van der Waals surface area contributed by atoms with Crippen LogP contribution in [0.4, 0.5) is 11.4 Å². The van der Waals surface area contributed by atoms with E-state index >= 15 is 0 Å². The summed E-state index contributed by atoms with van der Waals surface area (Å²) < 4.78 is 5.09. The predicted molar refractivity (Wildman–Crippen MR) is 107 cm³/mol. The normalized spacial score (nSPS) is 15.9. The predicted octanol–water partition coefficient (Wildman–Crippen LogP) is 3.07. The molecule has 0 aromatic heterocycles. The third-order valence-corrected chi connectivity index (χ3v) is 5.46. The van der Waals surface area contributed by atoms with Gasteiger partial charge in [-0.25, -0.2) is 0 Å². The molecule has 1 unspecified atom stereocenters. The Morgan fingerprint density at radius 2 is 1.96 bits per heavy atom. The fourth-order valence-electron chi connectivity index (χ4n) is 2.92. The topological polar surface area (TPSA) is 102 Å². The number of rotatable bonds is 5. The number of hydrogen-bond donors (Lipinski definition) is 1.